The first kappa shape index (κ1) is 27.0. The number of benzene rings is 1. The van der Waals surface area contributed by atoms with Crippen molar-refractivity contribution in [3.8, 4) is 0 Å². The third kappa shape index (κ3) is 10.5. The maximum atomic E-state index is 12.8. The number of rotatable bonds is 14. The van der Waals surface area contributed by atoms with Crippen molar-refractivity contribution in [1.29, 1.82) is 0 Å². The Hall–Kier alpha value is -2.24. The van der Waals surface area contributed by atoms with E-state index in [9.17, 15) is 4.79 Å². The van der Waals surface area contributed by atoms with Crippen molar-refractivity contribution in [2.24, 2.45) is 10.8 Å². The highest BCUT2D eigenvalue weighted by Crippen LogP contribution is 2.21. The third-order valence-electron chi connectivity index (χ3n) is 5.77. The van der Waals surface area contributed by atoms with Gasteiger partial charge in [0.2, 0.25) is 5.91 Å². The summed E-state index contributed by atoms with van der Waals surface area (Å²) in [6.45, 7) is 17.3. The Morgan fingerprint density at radius 3 is 2.24 bits per heavy atom. The summed E-state index contributed by atoms with van der Waals surface area (Å²) in [7, 11) is 0. The summed E-state index contributed by atoms with van der Waals surface area (Å²) < 4.78 is 6.14. The number of amides is 1. The molecule has 5 heteroatoms. The number of carbonyl (C=O) groups is 1. The van der Waals surface area contributed by atoms with E-state index in [1.807, 2.05) is 29.4 Å². The molecule has 0 bridgehead atoms. The molecule has 0 atom stereocenters. The van der Waals surface area contributed by atoms with Crippen LogP contribution in [0.25, 0.3) is 0 Å². The third-order valence-corrected chi connectivity index (χ3v) is 5.77. The van der Waals surface area contributed by atoms with E-state index in [-0.39, 0.29) is 16.7 Å². The molecule has 0 radical (unpaired) electrons. The highest BCUT2D eigenvalue weighted by molar-refractivity contribution is 5.76. The second kappa shape index (κ2) is 12.9. The first-order valence-electron chi connectivity index (χ1n) is 12.1. The van der Waals surface area contributed by atoms with E-state index in [1.54, 1.807) is 0 Å². The van der Waals surface area contributed by atoms with Gasteiger partial charge in [-0.1, -0.05) is 57.5 Å². The first-order valence-corrected chi connectivity index (χ1v) is 12.1. The number of nitrogens with zero attached hydrogens (tertiary/aromatic N) is 2. The van der Waals surface area contributed by atoms with Crippen LogP contribution in [0.15, 0.2) is 48.8 Å². The minimum Gasteiger partial charge on any atom is -0.380 e. The number of aryl methyl sites for hydroxylation is 2. The topological polar surface area (TPSA) is 54.5 Å². The number of nitrogens with one attached hydrogen (secondary N) is 1. The lowest BCUT2D eigenvalue weighted by Gasteiger charge is -2.33. The van der Waals surface area contributed by atoms with Crippen molar-refractivity contribution in [3.05, 3.63) is 65.5 Å². The van der Waals surface area contributed by atoms with E-state index in [0.29, 0.717) is 26.2 Å². The fourth-order valence-corrected chi connectivity index (χ4v) is 3.80. The molecule has 5 nitrogen and oxygen atoms in total. The molecule has 182 valence electrons. The lowest BCUT2D eigenvalue weighted by molar-refractivity contribution is -0.133. The number of hydrogen-bond acceptors (Lipinski definition) is 4. The molecule has 2 aromatic rings. The number of hydrogen-bond donors (Lipinski definition) is 1. The summed E-state index contributed by atoms with van der Waals surface area (Å²) in [6.07, 6.45) is 4.97. The van der Waals surface area contributed by atoms with Crippen LogP contribution in [0.5, 0.6) is 0 Å². The molecule has 2 rings (SSSR count). The Labute approximate surface area is 200 Å². The monoisotopic (exact) mass is 453 g/mol. The standard InChI is InChI=1S/C28H43N3O2/c1-7-31(26(32)13-12-24-10-8-23(2)9-11-24)20-28(5,6)22-33-21-27(3,4)19-30-18-25-14-16-29-17-15-25/h8-11,14-17,30H,7,12-13,18-22H2,1-6H3. The van der Waals surface area contributed by atoms with Crippen LogP contribution >= 0.6 is 0 Å². The van der Waals surface area contributed by atoms with Crippen molar-refractivity contribution in [2.75, 3.05) is 32.8 Å². The number of ether oxygens (including phenoxy) is 1. The van der Waals surface area contributed by atoms with Crippen molar-refractivity contribution < 1.29 is 9.53 Å². The van der Waals surface area contributed by atoms with E-state index in [1.165, 1.54) is 16.7 Å². The second-order valence-corrected chi connectivity index (χ2v) is 10.7. The normalized spacial score (nSPS) is 12.1. The molecule has 0 aliphatic rings. The largest absolute Gasteiger partial charge is 0.380 e. The van der Waals surface area contributed by atoms with Crippen LogP contribution in [0.4, 0.5) is 0 Å². The van der Waals surface area contributed by atoms with Gasteiger partial charge in [-0.2, -0.15) is 0 Å². The molecule has 0 fully saturated rings. The molecule has 1 heterocycles. The highest BCUT2D eigenvalue weighted by Gasteiger charge is 2.26. The van der Waals surface area contributed by atoms with Gasteiger partial charge in [0.05, 0.1) is 13.2 Å². The molecular weight excluding hydrogens is 410 g/mol. The first-order chi connectivity index (χ1) is 15.6. The van der Waals surface area contributed by atoms with Gasteiger partial charge in [0.15, 0.2) is 0 Å². The van der Waals surface area contributed by atoms with Gasteiger partial charge in [0, 0.05) is 55.8 Å². The van der Waals surface area contributed by atoms with Gasteiger partial charge >= 0.3 is 0 Å². The van der Waals surface area contributed by atoms with Crippen LogP contribution in [0.1, 0.15) is 57.7 Å². The maximum Gasteiger partial charge on any atom is 0.222 e. The Balaban J connectivity index is 1.73. The van der Waals surface area contributed by atoms with Crippen molar-refractivity contribution >= 4 is 5.91 Å². The Morgan fingerprint density at radius 1 is 0.970 bits per heavy atom. The van der Waals surface area contributed by atoms with Gasteiger partial charge < -0.3 is 15.0 Å². The van der Waals surface area contributed by atoms with Gasteiger partial charge in [0.1, 0.15) is 0 Å². The Bertz CT molecular complexity index is 832. The van der Waals surface area contributed by atoms with Gasteiger partial charge in [-0.15, -0.1) is 0 Å². The average molecular weight is 454 g/mol. The molecule has 1 amide bonds. The van der Waals surface area contributed by atoms with Crippen LogP contribution in [0, 0.1) is 17.8 Å². The summed E-state index contributed by atoms with van der Waals surface area (Å²) >= 11 is 0. The smallest absolute Gasteiger partial charge is 0.222 e. The van der Waals surface area contributed by atoms with Crippen molar-refractivity contribution in [2.45, 2.75) is 60.9 Å². The summed E-state index contributed by atoms with van der Waals surface area (Å²) in [5, 5.41) is 3.52. The fraction of sp³-hybridized carbons (Fsp3) is 0.571. The summed E-state index contributed by atoms with van der Waals surface area (Å²) in [4.78, 5) is 18.9. The van der Waals surface area contributed by atoms with E-state index in [2.05, 4.69) is 76.1 Å². The molecule has 0 saturated carbocycles. The highest BCUT2D eigenvalue weighted by atomic mass is 16.5. The van der Waals surface area contributed by atoms with E-state index >= 15 is 0 Å². The Kier molecular flexibility index (Phi) is 10.5. The van der Waals surface area contributed by atoms with Gasteiger partial charge in [-0.05, 0) is 43.5 Å². The van der Waals surface area contributed by atoms with Crippen molar-refractivity contribution in [3.63, 3.8) is 0 Å². The SMILES string of the molecule is CCN(CC(C)(C)COCC(C)(C)CNCc1ccncc1)C(=O)CCc1ccc(C)cc1. The minimum atomic E-state index is -0.101. The summed E-state index contributed by atoms with van der Waals surface area (Å²) in [6, 6.07) is 12.5. The molecule has 1 aromatic carbocycles. The van der Waals surface area contributed by atoms with Crippen LogP contribution in [-0.2, 0) is 22.5 Å². The molecule has 0 unspecified atom stereocenters. The Morgan fingerprint density at radius 2 is 1.61 bits per heavy atom. The van der Waals surface area contributed by atoms with Crippen LogP contribution in [0.3, 0.4) is 0 Å². The molecular formula is C28H43N3O2. The lowest BCUT2D eigenvalue weighted by Crippen LogP contribution is -2.41. The second-order valence-electron chi connectivity index (χ2n) is 10.7. The van der Waals surface area contributed by atoms with Crippen molar-refractivity contribution in [1.82, 2.24) is 15.2 Å². The van der Waals surface area contributed by atoms with Gasteiger partial charge in [-0.25, -0.2) is 0 Å². The van der Waals surface area contributed by atoms with Crippen LogP contribution in [0.2, 0.25) is 0 Å². The maximum absolute atomic E-state index is 12.8. The number of carbonyl (C=O) groups excluding carboxylic acids is 1. The molecule has 0 saturated heterocycles. The predicted molar refractivity (Wildman–Crippen MR) is 136 cm³/mol. The molecule has 0 aliphatic heterocycles. The zero-order chi connectivity index (χ0) is 24.3. The zero-order valence-electron chi connectivity index (χ0n) is 21.5. The lowest BCUT2D eigenvalue weighted by atomic mass is 9.92. The summed E-state index contributed by atoms with van der Waals surface area (Å²) in [5.74, 6) is 0.215. The fourth-order valence-electron chi connectivity index (χ4n) is 3.80. The molecule has 1 N–H and O–H groups in total. The van der Waals surface area contributed by atoms with Gasteiger partial charge in [0.25, 0.3) is 0 Å². The number of pyridine rings is 1. The van der Waals surface area contributed by atoms with Crippen LogP contribution < -0.4 is 5.32 Å². The quantitative estimate of drug-likeness (QED) is 0.436. The molecule has 0 spiro atoms. The summed E-state index contributed by atoms with van der Waals surface area (Å²) in [5.41, 5.74) is 3.62. The van der Waals surface area contributed by atoms with E-state index in [4.69, 9.17) is 4.74 Å². The zero-order valence-corrected chi connectivity index (χ0v) is 21.5. The van der Waals surface area contributed by atoms with Gasteiger partial charge in [-0.3, -0.25) is 9.78 Å². The number of aromatic nitrogens is 1. The average Bonchev–Trinajstić information content (AvgIpc) is 2.77. The predicted octanol–water partition coefficient (Wildman–Crippen LogP) is 5.03. The molecule has 0 aliphatic carbocycles. The van der Waals surface area contributed by atoms with E-state index < -0.39 is 0 Å². The van der Waals surface area contributed by atoms with E-state index in [0.717, 1.165) is 26.1 Å². The minimum absolute atomic E-state index is 0.0252. The molecule has 1 aromatic heterocycles. The van der Waals surface area contributed by atoms with Crippen LogP contribution in [-0.4, -0.2) is 48.6 Å². The molecule has 33 heavy (non-hydrogen) atoms.